The molecule has 2 aromatic rings. The minimum Gasteiger partial charge on any atom is -0.353 e. The third kappa shape index (κ3) is 2.25. The van der Waals surface area contributed by atoms with Crippen LogP contribution in [0.1, 0.15) is 53.8 Å². The van der Waals surface area contributed by atoms with Gasteiger partial charge in [-0.05, 0) is 43.2 Å². The molecule has 0 aliphatic heterocycles. The van der Waals surface area contributed by atoms with Crippen LogP contribution in [-0.4, -0.2) is 10.2 Å². The van der Waals surface area contributed by atoms with Gasteiger partial charge in [-0.1, -0.05) is 35.6 Å². The molecule has 4 rings (SSSR count). The number of aromatic nitrogens is 2. The molecule has 1 fully saturated rings. The maximum absolute atomic E-state index is 4.31. The minimum absolute atomic E-state index is 0.407. The number of benzene rings is 1. The van der Waals surface area contributed by atoms with Crippen LogP contribution in [0.5, 0.6) is 0 Å². The Kier molecular flexibility index (Phi) is 2.76. The molecule has 19 heavy (non-hydrogen) atoms. The van der Waals surface area contributed by atoms with Gasteiger partial charge in [0.1, 0.15) is 5.01 Å². The third-order valence-electron chi connectivity index (χ3n) is 4.03. The Balaban J connectivity index is 1.56. The first kappa shape index (κ1) is 11.4. The van der Waals surface area contributed by atoms with Crippen LogP contribution in [0.4, 0.5) is 5.13 Å². The van der Waals surface area contributed by atoms with Crippen LogP contribution < -0.4 is 5.32 Å². The van der Waals surface area contributed by atoms with Crippen molar-refractivity contribution in [3.05, 3.63) is 40.4 Å². The summed E-state index contributed by atoms with van der Waals surface area (Å²) in [4.78, 5) is 0. The topological polar surface area (TPSA) is 37.8 Å². The van der Waals surface area contributed by atoms with Crippen molar-refractivity contribution >= 4 is 16.5 Å². The van der Waals surface area contributed by atoms with Gasteiger partial charge < -0.3 is 5.32 Å². The second-order valence-electron chi connectivity index (χ2n) is 5.51. The highest BCUT2D eigenvalue weighted by Gasteiger charge is 2.28. The molecule has 3 nitrogen and oxygen atoms in total. The van der Waals surface area contributed by atoms with Gasteiger partial charge in [-0.25, -0.2) is 0 Å². The van der Waals surface area contributed by atoms with E-state index in [-0.39, 0.29) is 0 Å². The van der Waals surface area contributed by atoms with Crippen LogP contribution in [0.3, 0.4) is 0 Å². The fourth-order valence-corrected chi connectivity index (χ4v) is 3.81. The quantitative estimate of drug-likeness (QED) is 0.920. The molecule has 4 heteroatoms. The summed E-state index contributed by atoms with van der Waals surface area (Å²) in [6.45, 7) is 0. The molecule has 1 atom stereocenters. The van der Waals surface area contributed by atoms with Crippen molar-refractivity contribution in [1.82, 2.24) is 10.2 Å². The maximum atomic E-state index is 4.31. The van der Waals surface area contributed by atoms with E-state index in [1.165, 1.54) is 48.2 Å². The Hall–Kier alpha value is -1.42. The summed E-state index contributed by atoms with van der Waals surface area (Å²) in [5.41, 5.74) is 2.93. The van der Waals surface area contributed by atoms with Crippen molar-refractivity contribution in [3.63, 3.8) is 0 Å². The first-order valence-electron chi connectivity index (χ1n) is 7.08. The second-order valence-corrected chi connectivity index (χ2v) is 6.52. The van der Waals surface area contributed by atoms with Crippen LogP contribution in [0, 0.1) is 0 Å². The van der Waals surface area contributed by atoms with Crippen molar-refractivity contribution in [1.29, 1.82) is 0 Å². The molecule has 1 unspecified atom stereocenters. The fraction of sp³-hybridized carbons (Fsp3) is 0.467. The molecule has 1 heterocycles. The molecule has 2 aliphatic rings. The van der Waals surface area contributed by atoms with Crippen molar-refractivity contribution in [2.75, 3.05) is 5.32 Å². The fourth-order valence-electron chi connectivity index (χ4n) is 2.84. The molecule has 98 valence electrons. The zero-order valence-electron chi connectivity index (χ0n) is 10.8. The van der Waals surface area contributed by atoms with Gasteiger partial charge in [0.25, 0.3) is 0 Å². The van der Waals surface area contributed by atoms with Gasteiger partial charge in [0, 0.05) is 5.92 Å². The first-order chi connectivity index (χ1) is 9.40. The van der Waals surface area contributed by atoms with Gasteiger partial charge in [-0.3, -0.25) is 0 Å². The van der Waals surface area contributed by atoms with Crippen LogP contribution >= 0.6 is 11.3 Å². The number of aryl methyl sites for hydroxylation is 1. The van der Waals surface area contributed by atoms with Gasteiger partial charge in [0.2, 0.25) is 5.13 Å². The van der Waals surface area contributed by atoms with Crippen molar-refractivity contribution in [2.24, 2.45) is 0 Å². The number of nitrogens with zero attached hydrogens (tertiary/aromatic N) is 2. The number of hydrogen-bond acceptors (Lipinski definition) is 4. The lowest BCUT2D eigenvalue weighted by atomic mass is 9.88. The van der Waals surface area contributed by atoms with E-state index in [2.05, 4.69) is 39.8 Å². The Morgan fingerprint density at radius 1 is 1.11 bits per heavy atom. The van der Waals surface area contributed by atoms with E-state index in [0.717, 1.165) is 5.13 Å². The number of anilines is 1. The summed E-state index contributed by atoms with van der Waals surface area (Å²) in [5.74, 6) is 0.701. The molecule has 0 bridgehead atoms. The highest BCUT2D eigenvalue weighted by atomic mass is 32.1. The van der Waals surface area contributed by atoms with Gasteiger partial charge in [-0.15, -0.1) is 10.2 Å². The highest BCUT2D eigenvalue weighted by Crippen LogP contribution is 2.42. The average Bonchev–Trinajstić information content (AvgIpc) is 3.20. The summed E-state index contributed by atoms with van der Waals surface area (Å²) in [5, 5.41) is 14.4. The van der Waals surface area contributed by atoms with Gasteiger partial charge in [0.05, 0.1) is 6.04 Å². The molecule has 0 saturated heterocycles. The number of fused-ring (bicyclic) bond motifs is 1. The summed E-state index contributed by atoms with van der Waals surface area (Å²) >= 11 is 1.74. The molecule has 1 aromatic carbocycles. The molecule has 1 N–H and O–H groups in total. The van der Waals surface area contributed by atoms with E-state index in [9.17, 15) is 0 Å². The predicted molar refractivity (Wildman–Crippen MR) is 77.6 cm³/mol. The van der Waals surface area contributed by atoms with E-state index in [1.54, 1.807) is 11.3 Å². The first-order valence-corrected chi connectivity index (χ1v) is 7.89. The number of hydrogen-bond donors (Lipinski definition) is 1. The van der Waals surface area contributed by atoms with Gasteiger partial charge in [-0.2, -0.15) is 0 Å². The van der Waals surface area contributed by atoms with Crippen LogP contribution in [0.15, 0.2) is 24.3 Å². The summed E-state index contributed by atoms with van der Waals surface area (Å²) in [7, 11) is 0. The third-order valence-corrected chi connectivity index (χ3v) is 5.05. The van der Waals surface area contributed by atoms with E-state index >= 15 is 0 Å². The lowest BCUT2D eigenvalue weighted by Crippen LogP contribution is -2.17. The van der Waals surface area contributed by atoms with Crippen molar-refractivity contribution < 1.29 is 0 Å². The predicted octanol–water partition coefficient (Wildman–Crippen LogP) is 3.91. The maximum Gasteiger partial charge on any atom is 0.206 e. The van der Waals surface area contributed by atoms with E-state index < -0.39 is 0 Å². The lowest BCUT2D eigenvalue weighted by Gasteiger charge is -2.25. The molecular weight excluding hydrogens is 254 g/mol. The highest BCUT2D eigenvalue weighted by molar-refractivity contribution is 7.15. The average molecular weight is 271 g/mol. The molecule has 0 radical (unpaired) electrons. The second kappa shape index (κ2) is 4.60. The zero-order chi connectivity index (χ0) is 12.7. The van der Waals surface area contributed by atoms with E-state index in [1.807, 2.05) is 0 Å². The molecule has 1 aromatic heterocycles. The van der Waals surface area contributed by atoms with Gasteiger partial charge in [0.15, 0.2) is 0 Å². The largest absolute Gasteiger partial charge is 0.353 e. The van der Waals surface area contributed by atoms with E-state index in [0.29, 0.717) is 12.0 Å². The molecule has 0 spiro atoms. The Labute approximate surface area is 117 Å². The smallest absolute Gasteiger partial charge is 0.206 e. The molecule has 0 amide bonds. The number of nitrogens with one attached hydrogen (secondary N) is 1. The van der Waals surface area contributed by atoms with Crippen molar-refractivity contribution in [2.45, 2.75) is 44.1 Å². The van der Waals surface area contributed by atoms with Gasteiger partial charge >= 0.3 is 0 Å². The molecule has 2 aliphatic carbocycles. The Bertz CT molecular complexity index is 589. The Morgan fingerprint density at radius 3 is 2.89 bits per heavy atom. The normalized spacial score (nSPS) is 22.0. The van der Waals surface area contributed by atoms with Crippen molar-refractivity contribution in [3.8, 4) is 0 Å². The van der Waals surface area contributed by atoms with Crippen LogP contribution in [0.25, 0.3) is 0 Å². The minimum atomic E-state index is 0.407. The summed E-state index contributed by atoms with van der Waals surface area (Å²) in [6.07, 6.45) is 6.23. The SMILES string of the molecule is c1ccc2c(c1)CCCC2Nc1nnc(C2CC2)s1. The van der Waals surface area contributed by atoms with Crippen LogP contribution in [0.2, 0.25) is 0 Å². The Morgan fingerprint density at radius 2 is 2.00 bits per heavy atom. The monoisotopic (exact) mass is 271 g/mol. The summed E-state index contributed by atoms with van der Waals surface area (Å²) in [6, 6.07) is 9.17. The lowest BCUT2D eigenvalue weighted by molar-refractivity contribution is 0.599. The zero-order valence-corrected chi connectivity index (χ0v) is 11.6. The molecule has 1 saturated carbocycles. The standard InChI is InChI=1S/C15H17N3S/c1-2-6-12-10(4-1)5-3-7-13(12)16-15-18-17-14(19-15)11-8-9-11/h1-2,4,6,11,13H,3,5,7-9H2,(H,16,18). The number of rotatable bonds is 3. The summed E-state index contributed by atoms with van der Waals surface area (Å²) < 4.78 is 0. The van der Waals surface area contributed by atoms with Crippen LogP contribution in [-0.2, 0) is 6.42 Å². The molecular formula is C15H17N3S. The van der Waals surface area contributed by atoms with E-state index in [4.69, 9.17) is 0 Å².